The first-order chi connectivity index (χ1) is 9.81. The molecule has 0 bridgehead atoms. The highest BCUT2D eigenvalue weighted by Crippen LogP contribution is 2.61. The minimum atomic E-state index is -3.32. The van der Waals surface area contributed by atoms with E-state index in [0.29, 0.717) is 35.4 Å². The van der Waals surface area contributed by atoms with Gasteiger partial charge in [0.1, 0.15) is 5.28 Å². The summed E-state index contributed by atoms with van der Waals surface area (Å²) in [6, 6.07) is 5.17. The van der Waals surface area contributed by atoms with E-state index in [1.807, 2.05) is 13.8 Å². The third-order valence-electron chi connectivity index (χ3n) is 3.22. The van der Waals surface area contributed by atoms with Gasteiger partial charge in [-0.05, 0) is 45.4 Å². The van der Waals surface area contributed by atoms with Crippen molar-refractivity contribution < 1.29 is 13.6 Å². The van der Waals surface area contributed by atoms with Crippen LogP contribution >= 0.6 is 30.8 Å². The van der Waals surface area contributed by atoms with Crippen molar-refractivity contribution in [2.24, 2.45) is 0 Å². The summed E-state index contributed by atoms with van der Waals surface area (Å²) in [5, 5.41) is 3.28. The van der Waals surface area contributed by atoms with Gasteiger partial charge in [0, 0.05) is 5.69 Å². The lowest BCUT2D eigenvalue weighted by atomic mass is 10.2. The third kappa shape index (κ3) is 4.37. The van der Waals surface area contributed by atoms with Gasteiger partial charge in [-0.1, -0.05) is 30.1 Å². The van der Waals surface area contributed by atoms with Gasteiger partial charge in [0.15, 0.2) is 0 Å². The number of rotatable bonds is 8. The van der Waals surface area contributed by atoms with Gasteiger partial charge in [-0.3, -0.25) is 4.57 Å². The Bertz CT molecular complexity index is 517. The number of halogens is 2. The molecule has 0 aliphatic carbocycles. The first kappa shape index (κ1) is 18.8. The topological polar surface area (TPSA) is 47.6 Å². The van der Waals surface area contributed by atoms with E-state index in [1.165, 1.54) is 0 Å². The van der Waals surface area contributed by atoms with Crippen LogP contribution in [0.3, 0.4) is 0 Å². The Kier molecular flexibility index (Phi) is 7.02. The second kappa shape index (κ2) is 7.85. The van der Waals surface area contributed by atoms with Crippen molar-refractivity contribution in [3.63, 3.8) is 0 Å². The highest BCUT2D eigenvalue weighted by Gasteiger charge is 2.46. The molecule has 1 rings (SSSR count). The summed E-state index contributed by atoms with van der Waals surface area (Å²) in [7, 11) is -3.32. The maximum absolute atomic E-state index is 13.1. The highest BCUT2D eigenvalue weighted by atomic mass is 35.5. The van der Waals surface area contributed by atoms with E-state index in [4.69, 9.17) is 32.2 Å². The first-order valence-electron chi connectivity index (χ1n) is 6.94. The average Bonchev–Trinajstić information content (AvgIpc) is 2.43. The molecule has 1 N–H and O–H groups in total. The summed E-state index contributed by atoms with van der Waals surface area (Å²) in [6.45, 7) is 7.96. The van der Waals surface area contributed by atoms with Gasteiger partial charge in [-0.2, -0.15) is 0 Å². The molecule has 0 radical (unpaired) electrons. The fraction of sp³-hybridized carbons (Fsp3) is 0.571. The third-order valence-corrected chi connectivity index (χ3v) is 6.80. The summed E-state index contributed by atoms with van der Waals surface area (Å²) in [5.74, 6) is 0. The molecule has 0 saturated carbocycles. The number of anilines is 1. The van der Waals surface area contributed by atoms with Gasteiger partial charge in [0.25, 0.3) is 0 Å². The largest absolute Gasteiger partial charge is 0.369 e. The molecule has 0 aliphatic heterocycles. The molecule has 0 heterocycles. The molecule has 4 nitrogen and oxygen atoms in total. The smallest absolute Gasteiger partial charge is 0.355 e. The SMILES string of the molecule is CCOP(=O)(OCC)[C@](C)(CC)Nc1ccc(Cl)c(Cl)c1. The number of hydrogen-bond acceptors (Lipinski definition) is 4. The monoisotopic (exact) mass is 353 g/mol. The van der Waals surface area contributed by atoms with Gasteiger partial charge in [-0.25, -0.2) is 0 Å². The predicted molar refractivity (Wildman–Crippen MR) is 89.6 cm³/mol. The molecule has 7 heteroatoms. The van der Waals surface area contributed by atoms with Crippen molar-refractivity contribution >= 4 is 36.5 Å². The molecule has 0 aliphatic rings. The zero-order chi connectivity index (χ0) is 16.1. The molecular weight excluding hydrogens is 332 g/mol. The van der Waals surface area contributed by atoms with Crippen LogP contribution in [-0.4, -0.2) is 18.5 Å². The summed E-state index contributed by atoms with van der Waals surface area (Å²) in [5.41, 5.74) is 0.716. The fourth-order valence-electron chi connectivity index (χ4n) is 1.90. The molecule has 21 heavy (non-hydrogen) atoms. The Morgan fingerprint density at radius 1 is 1.14 bits per heavy atom. The van der Waals surface area contributed by atoms with Crippen molar-refractivity contribution in [3.8, 4) is 0 Å². The Morgan fingerprint density at radius 3 is 2.14 bits per heavy atom. The van der Waals surface area contributed by atoms with Crippen LogP contribution in [-0.2, 0) is 13.6 Å². The standard InChI is InChI=1S/C14H22Cl2NO3P/c1-5-14(4,21(18,19-6-2)20-7-3)17-11-8-9-12(15)13(16)10-11/h8-10,17H,5-7H2,1-4H3/t14-/m1/s1. The van der Waals surface area contributed by atoms with Crippen LogP contribution in [0.4, 0.5) is 5.69 Å². The normalized spacial score (nSPS) is 14.8. The lowest BCUT2D eigenvalue weighted by Gasteiger charge is -2.36. The Morgan fingerprint density at radius 2 is 1.71 bits per heavy atom. The zero-order valence-electron chi connectivity index (χ0n) is 12.8. The number of hydrogen-bond donors (Lipinski definition) is 1. The molecule has 1 aromatic rings. The Labute approximate surface area is 136 Å². The fourth-order valence-corrected chi connectivity index (χ4v) is 4.17. The van der Waals surface area contributed by atoms with E-state index < -0.39 is 12.9 Å². The zero-order valence-corrected chi connectivity index (χ0v) is 15.2. The van der Waals surface area contributed by atoms with Crippen LogP contribution in [0.2, 0.25) is 10.0 Å². The van der Waals surface area contributed by atoms with Crippen LogP contribution in [0.1, 0.15) is 34.1 Å². The number of nitrogens with one attached hydrogen (secondary N) is 1. The molecule has 120 valence electrons. The van der Waals surface area contributed by atoms with E-state index >= 15 is 0 Å². The lowest BCUT2D eigenvalue weighted by Crippen LogP contribution is -2.35. The summed E-state index contributed by atoms with van der Waals surface area (Å²) in [6.07, 6.45) is 0.560. The van der Waals surface area contributed by atoms with Gasteiger partial charge >= 0.3 is 7.60 Å². The second-order valence-corrected chi connectivity index (χ2v) is 8.03. The van der Waals surface area contributed by atoms with Crippen LogP contribution in [0.15, 0.2) is 18.2 Å². The van der Waals surface area contributed by atoms with Crippen molar-refractivity contribution in [1.82, 2.24) is 0 Å². The molecule has 0 fully saturated rings. The van der Waals surface area contributed by atoms with Crippen LogP contribution < -0.4 is 5.32 Å². The van der Waals surface area contributed by atoms with Gasteiger partial charge < -0.3 is 14.4 Å². The van der Waals surface area contributed by atoms with E-state index in [2.05, 4.69) is 5.32 Å². The molecule has 1 atom stereocenters. The minimum Gasteiger partial charge on any atom is -0.369 e. The molecule has 0 unspecified atom stereocenters. The summed E-state index contributed by atoms with van der Waals surface area (Å²) >= 11 is 11.9. The number of benzene rings is 1. The van der Waals surface area contributed by atoms with Crippen LogP contribution in [0, 0.1) is 0 Å². The van der Waals surface area contributed by atoms with Gasteiger partial charge in [0.05, 0.1) is 23.3 Å². The predicted octanol–water partition coefficient (Wildman–Crippen LogP) is 5.80. The quantitative estimate of drug-likeness (QED) is 0.600. The van der Waals surface area contributed by atoms with E-state index in [-0.39, 0.29) is 0 Å². The van der Waals surface area contributed by atoms with Crippen LogP contribution in [0.25, 0.3) is 0 Å². The maximum Gasteiger partial charge on any atom is 0.355 e. The minimum absolute atomic E-state index is 0.315. The van der Waals surface area contributed by atoms with Gasteiger partial charge in [-0.15, -0.1) is 0 Å². The molecular formula is C14H22Cl2NO3P. The molecule has 1 aromatic carbocycles. The van der Waals surface area contributed by atoms with Crippen LogP contribution in [0.5, 0.6) is 0 Å². The lowest BCUT2D eigenvalue weighted by molar-refractivity contribution is 0.201. The van der Waals surface area contributed by atoms with Crippen molar-refractivity contribution in [2.75, 3.05) is 18.5 Å². The Hall–Kier alpha value is -0.250. The maximum atomic E-state index is 13.1. The van der Waals surface area contributed by atoms with E-state index in [1.54, 1.807) is 32.0 Å². The highest BCUT2D eigenvalue weighted by molar-refractivity contribution is 7.55. The molecule has 0 amide bonds. The second-order valence-electron chi connectivity index (χ2n) is 4.71. The first-order valence-corrected chi connectivity index (χ1v) is 9.24. The van der Waals surface area contributed by atoms with E-state index in [0.717, 1.165) is 0 Å². The molecule has 0 aromatic heterocycles. The van der Waals surface area contributed by atoms with E-state index in [9.17, 15) is 4.57 Å². The van der Waals surface area contributed by atoms with Crippen molar-refractivity contribution in [1.29, 1.82) is 0 Å². The summed E-state index contributed by atoms with van der Waals surface area (Å²) < 4.78 is 24.0. The van der Waals surface area contributed by atoms with Gasteiger partial charge in [0.2, 0.25) is 0 Å². The average molecular weight is 354 g/mol. The summed E-state index contributed by atoms with van der Waals surface area (Å²) in [4.78, 5) is 0. The van der Waals surface area contributed by atoms with Crippen molar-refractivity contribution in [2.45, 2.75) is 39.4 Å². The Balaban J connectivity index is 3.12. The molecule has 0 spiro atoms. The van der Waals surface area contributed by atoms with Crippen molar-refractivity contribution in [3.05, 3.63) is 28.2 Å². The molecule has 0 saturated heterocycles.